The van der Waals surface area contributed by atoms with Crippen molar-refractivity contribution in [2.24, 2.45) is 22.9 Å². The number of carboxylic acids is 1. The molecule has 0 spiro atoms. The van der Waals surface area contributed by atoms with Crippen molar-refractivity contribution in [2.45, 2.75) is 37.4 Å². The van der Waals surface area contributed by atoms with Gasteiger partial charge in [-0.25, -0.2) is 4.79 Å². The molecule has 0 radical (unpaired) electrons. The number of carbonyl (C=O) groups excluding carboxylic acids is 6. The largest absolute Gasteiger partial charge is 0.480 e. The van der Waals surface area contributed by atoms with Gasteiger partial charge in [0.2, 0.25) is 35.4 Å². The zero-order chi connectivity index (χ0) is 22.7. The number of hydrogen-bond acceptors (Lipinski definition) is 8. The third-order valence-corrected chi connectivity index (χ3v) is 3.30. The summed E-state index contributed by atoms with van der Waals surface area (Å²) in [6, 6.07) is -4.93. The molecule has 0 bridgehead atoms. The Labute approximate surface area is 163 Å². The van der Waals surface area contributed by atoms with Gasteiger partial charge in [-0.1, -0.05) is 0 Å². The van der Waals surface area contributed by atoms with Gasteiger partial charge in [0.05, 0.1) is 25.8 Å². The number of aliphatic carboxylic acids is 1. The van der Waals surface area contributed by atoms with Crippen LogP contribution in [0.4, 0.5) is 0 Å². The molecule has 12 N–H and O–H groups in total. The van der Waals surface area contributed by atoms with Gasteiger partial charge < -0.3 is 44.0 Å². The highest BCUT2D eigenvalue weighted by atomic mass is 16.4. The Morgan fingerprint density at radius 1 is 0.655 bits per heavy atom. The smallest absolute Gasteiger partial charge is 0.326 e. The van der Waals surface area contributed by atoms with Crippen molar-refractivity contribution in [1.29, 1.82) is 0 Å². The van der Waals surface area contributed by atoms with Crippen LogP contribution >= 0.6 is 0 Å². The number of rotatable bonds is 13. The van der Waals surface area contributed by atoms with Gasteiger partial charge in [0, 0.05) is 0 Å². The van der Waals surface area contributed by atoms with E-state index in [4.69, 9.17) is 28.0 Å². The molecule has 0 aromatic heterocycles. The summed E-state index contributed by atoms with van der Waals surface area (Å²) >= 11 is 0. The number of nitrogens with two attached hydrogens (primary N) is 4. The molecule has 0 aromatic carbocycles. The summed E-state index contributed by atoms with van der Waals surface area (Å²) < 4.78 is 0. The van der Waals surface area contributed by atoms with Crippen LogP contribution in [0.15, 0.2) is 0 Å². The van der Waals surface area contributed by atoms with Crippen LogP contribution in [0.5, 0.6) is 0 Å². The molecule has 29 heavy (non-hydrogen) atoms. The maximum absolute atomic E-state index is 12.3. The number of carboxylic acid groups (broad SMARTS) is 1. The molecule has 0 aliphatic heterocycles. The molecule has 3 atom stereocenters. The lowest BCUT2D eigenvalue weighted by Crippen LogP contribution is -2.57. The number of amides is 6. The fourth-order valence-corrected chi connectivity index (χ4v) is 2.02. The highest BCUT2D eigenvalue weighted by molar-refractivity contribution is 5.97. The van der Waals surface area contributed by atoms with E-state index < -0.39 is 85.3 Å². The average Bonchev–Trinajstić information content (AvgIpc) is 2.58. The normalized spacial score (nSPS) is 13.3. The van der Waals surface area contributed by atoms with Crippen molar-refractivity contribution in [3.8, 4) is 0 Å². The van der Waals surface area contributed by atoms with E-state index in [0.29, 0.717) is 0 Å². The first-order chi connectivity index (χ1) is 13.4. The van der Waals surface area contributed by atoms with Crippen LogP contribution in [-0.4, -0.2) is 71.2 Å². The van der Waals surface area contributed by atoms with Crippen LogP contribution in [0, 0.1) is 0 Å². The third-order valence-electron chi connectivity index (χ3n) is 3.30. The summed E-state index contributed by atoms with van der Waals surface area (Å²) in [5.41, 5.74) is 20.0. The molecule has 162 valence electrons. The van der Waals surface area contributed by atoms with Crippen molar-refractivity contribution in [2.75, 3.05) is 6.54 Å². The van der Waals surface area contributed by atoms with Gasteiger partial charge in [0.15, 0.2) is 0 Å². The first kappa shape index (κ1) is 25.2. The molecule has 0 saturated heterocycles. The Bertz CT molecular complexity index is 695. The van der Waals surface area contributed by atoms with Crippen LogP contribution in [-0.2, 0) is 33.6 Å². The van der Waals surface area contributed by atoms with E-state index in [0.717, 1.165) is 0 Å². The summed E-state index contributed by atoms with van der Waals surface area (Å²) in [5, 5.41) is 15.1. The molecule has 0 saturated carbocycles. The highest BCUT2D eigenvalue weighted by Crippen LogP contribution is 2.00. The number of hydrogen-bond donors (Lipinski definition) is 8. The van der Waals surface area contributed by atoms with Crippen LogP contribution in [0.1, 0.15) is 19.3 Å². The Morgan fingerprint density at radius 2 is 1.00 bits per heavy atom. The summed E-state index contributed by atoms with van der Waals surface area (Å²) in [6.45, 7) is -0.513. The van der Waals surface area contributed by atoms with Gasteiger partial charge in [0.25, 0.3) is 0 Å². The molecule has 0 heterocycles. The van der Waals surface area contributed by atoms with E-state index in [2.05, 4.69) is 10.6 Å². The monoisotopic (exact) mass is 417 g/mol. The topological polar surface area (TPSA) is 280 Å². The lowest BCUT2D eigenvalue weighted by molar-refractivity contribution is -0.144. The van der Waals surface area contributed by atoms with E-state index in [1.807, 2.05) is 5.32 Å². The molecular weight excluding hydrogens is 394 g/mol. The van der Waals surface area contributed by atoms with Crippen LogP contribution in [0.25, 0.3) is 0 Å². The molecule has 15 nitrogen and oxygen atoms in total. The lowest BCUT2D eigenvalue weighted by atomic mass is 10.1. The maximum Gasteiger partial charge on any atom is 0.326 e. The molecule has 0 aromatic rings. The fraction of sp³-hybridized carbons (Fsp3) is 0.500. The molecule has 6 amide bonds. The zero-order valence-electron chi connectivity index (χ0n) is 15.2. The van der Waals surface area contributed by atoms with Gasteiger partial charge in [-0.15, -0.1) is 0 Å². The standard InChI is InChI=1S/C14H23N7O8/c15-4-11(25)19-5(1-8(16)22)12(26)20-6(2-9(17)23)13(27)21-7(14(28)29)3-10(18)24/h5-7H,1-4,15H2,(H2,16,22)(H2,17,23)(H2,18,24)(H,19,25)(H,20,26)(H,21,27)(H,28,29). The summed E-state index contributed by atoms with van der Waals surface area (Å²) in [7, 11) is 0. The Morgan fingerprint density at radius 3 is 1.34 bits per heavy atom. The van der Waals surface area contributed by atoms with E-state index >= 15 is 0 Å². The summed E-state index contributed by atoms with van der Waals surface area (Å²) in [4.78, 5) is 80.3. The van der Waals surface area contributed by atoms with E-state index in [1.165, 1.54) is 0 Å². The van der Waals surface area contributed by atoms with Crippen molar-refractivity contribution in [3.05, 3.63) is 0 Å². The lowest BCUT2D eigenvalue weighted by Gasteiger charge is -2.23. The average molecular weight is 417 g/mol. The summed E-state index contributed by atoms with van der Waals surface area (Å²) in [5.74, 6) is -7.70. The van der Waals surface area contributed by atoms with Crippen LogP contribution in [0.2, 0.25) is 0 Å². The molecule has 0 aliphatic carbocycles. The van der Waals surface area contributed by atoms with Gasteiger partial charge in [0.1, 0.15) is 18.1 Å². The zero-order valence-corrected chi connectivity index (χ0v) is 15.2. The SMILES string of the molecule is NCC(=O)NC(CC(N)=O)C(=O)NC(CC(N)=O)C(=O)NC(CC(N)=O)C(=O)O. The van der Waals surface area contributed by atoms with Crippen molar-refractivity contribution >= 4 is 41.4 Å². The van der Waals surface area contributed by atoms with Crippen LogP contribution in [0.3, 0.4) is 0 Å². The van der Waals surface area contributed by atoms with Gasteiger partial charge in [-0.3, -0.25) is 28.8 Å². The van der Waals surface area contributed by atoms with Gasteiger partial charge in [-0.2, -0.15) is 0 Å². The van der Waals surface area contributed by atoms with Crippen molar-refractivity contribution in [3.63, 3.8) is 0 Å². The second kappa shape index (κ2) is 11.9. The number of primary amides is 3. The molecule has 0 fully saturated rings. The minimum Gasteiger partial charge on any atom is -0.480 e. The fourth-order valence-electron chi connectivity index (χ4n) is 2.02. The minimum absolute atomic E-state index is 0.513. The first-order valence-corrected chi connectivity index (χ1v) is 8.05. The molecular formula is C14H23N7O8. The number of nitrogens with one attached hydrogen (secondary N) is 3. The summed E-state index contributed by atoms with van der Waals surface area (Å²) in [6.07, 6.45) is -2.16. The van der Waals surface area contributed by atoms with Crippen molar-refractivity contribution in [1.82, 2.24) is 16.0 Å². The Balaban J connectivity index is 5.43. The predicted molar refractivity (Wildman–Crippen MR) is 93.9 cm³/mol. The van der Waals surface area contributed by atoms with Gasteiger partial charge >= 0.3 is 5.97 Å². The van der Waals surface area contributed by atoms with E-state index in [-0.39, 0.29) is 0 Å². The molecule has 15 heteroatoms. The quantitative estimate of drug-likeness (QED) is 0.141. The van der Waals surface area contributed by atoms with Crippen molar-refractivity contribution < 1.29 is 38.7 Å². The second-order valence-electron chi connectivity index (χ2n) is 5.80. The highest BCUT2D eigenvalue weighted by Gasteiger charge is 2.31. The molecule has 0 rings (SSSR count). The predicted octanol–water partition coefficient (Wildman–Crippen LogP) is -5.89. The Hall–Kier alpha value is -3.75. The van der Waals surface area contributed by atoms with E-state index in [9.17, 15) is 33.6 Å². The number of carbonyl (C=O) groups is 7. The van der Waals surface area contributed by atoms with Gasteiger partial charge in [-0.05, 0) is 0 Å². The van der Waals surface area contributed by atoms with E-state index in [1.54, 1.807) is 0 Å². The van der Waals surface area contributed by atoms with Crippen LogP contribution < -0.4 is 38.9 Å². The second-order valence-corrected chi connectivity index (χ2v) is 5.80. The first-order valence-electron chi connectivity index (χ1n) is 8.05. The molecule has 3 unspecified atom stereocenters. The molecule has 0 aliphatic rings. The Kier molecular flexibility index (Phi) is 10.3. The maximum atomic E-state index is 12.3. The minimum atomic E-state index is -1.73. The third kappa shape index (κ3) is 10.2.